The summed E-state index contributed by atoms with van der Waals surface area (Å²) in [4.78, 5) is 25.6. The van der Waals surface area contributed by atoms with Crippen LogP contribution in [-0.4, -0.2) is 68.5 Å². The van der Waals surface area contributed by atoms with Crippen molar-refractivity contribution >= 4 is 13.7 Å². The normalized spacial score (nSPS) is 14.4. The highest BCUT2D eigenvalue weighted by Gasteiger charge is 2.23. The first kappa shape index (κ1) is 80.9. The first-order valence-corrected chi connectivity index (χ1v) is 36.4. The number of phosphoric acid groups is 1. The summed E-state index contributed by atoms with van der Waals surface area (Å²) in [5, 5.41) is 13.9. The van der Waals surface area contributed by atoms with Gasteiger partial charge in [0.05, 0.1) is 39.9 Å². The van der Waals surface area contributed by atoms with E-state index >= 15 is 0 Å². The Hall–Kier alpha value is -3.10. The van der Waals surface area contributed by atoms with Crippen molar-refractivity contribution in [2.24, 2.45) is 0 Å². The minimum absolute atomic E-state index is 0.00959. The van der Waals surface area contributed by atoms with Gasteiger partial charge in [0, 0.05) is 6.42 Å². The summed E-state index contributed by atoms with van der Waals surface area (Å²) in [7, 11) is 1.24. The van der Waals surface area contributed by atoms with Gasteiger partial charge in [0.15, 0.2) is 0 Å². The van der Waals surface area contributed by atoms with Gasteiger partial charge in [0.1, 0.15) is 13.2 Å². The number of aliphatic hydroxyl groups excluding tert-OH is 1. The topological polar surface area (TPSA) is 108 Å². The molecule has 0 saturated heterocycles. The summed E-state index contributed by atoms with van der Waals surface area (Å²) in [6.07, 6.45) is 96.0. The molecule has 0 aliphatic heterocycles. The van der Waals surface area contributed by atoms with E-state index < -0.39 is 26.6 Å². The molecule has 0 heterocycles. The molecule has 8 nitrogen and oxygen atoms in total. The largest absolute Gasteiger partial charge is 0.756 e. The molecule has 0 bridgehead atoms. The summed E-state index contributed by atoms with van der Waals surface area (Å²) < 4.78 is 23.4. The highest BCUT2D eigenvalue weighted by atomic mass is 31.2. The molecule has 0 aromatic heterocycles. The van der Waals surface area contributed by atoms with E-state index in [1.54, 1.807) is 6.08 Å². The average Bonchev–Trinajstić information content (AvgIpc) is 3.56. The number of carbonyl (C=O) groups excluding carboxylic acids is 1. The van der Waals surface area contributed by atoms with E-state index in [1.165, 1.54) is 186 Å². The molecular formula is C75H133N2O6P. The number of phosphoric ester groups is 1. The van der Waals surface area contributed by atoms with Gasteiger partial charge in [0.25, 0.3) is 7.82 Å². The van der Waals surface area contributed by atoms with E-state index in [0.29, 0.717) is 17.4 Å². The molecule has 0 aliphatic carbocycles. The monoisotopic (exact) mass is 1190 g/mol. The van der Waals surface area contributed by atoms with Crippen molar-refractivity contribution in [1.29, 1.82) is 0 Å². The van der Waals surface area contributed by atoms with Gasteiger partial charge >= 0.3 is 0 Å². The molecule has 0 spiro atoms. The maximum absolute atomic E-state index is 13.0. The molecule has 484 valence electrons. The quantitative estimate of drug-likeness (QED) is 0.0272. The van der Waals surface area contributed by atoms with Crippen LogP contribution < -0.4 is 10.2 Å². The van der Waals surface area contributed by atoms with Crippen LogP contribution in [0.2, 0.25) is 0 Å². The van der Waals surface area contributed by atoms with E-state index in [1.807, 2.05) is 27.2 Å². The Morgan fingerprint density at radius 3 is 1.11 bits per heavy atom. The van der Waals surface area contributed by atoms with Crippen LogP contribution >= 0.6 is 7.82 Å². The van der Waals surface area contributed by atoms with E-state index in [0.717, 1.165) is 89.9 Å². The maximum Gasteiger partial charge on any atom is 0.268 e. The van der Waals surface area contributed by atoms with Crippen LogP contribution in [0.25, 0.3) is 0 Å². The number of allylic oxidation sites excluding steroid dienone is 19. The third-order valence-electron chi connectivity index (χ3n) is 15.2. The van der Waals surface area contributed by atoms with Gasteiger partial charge in [-0.05, 0) is 96.3 Å². The van der Waals surface area contributed by atoms with Gasteiger partial charge in [-0.25, -0.2) is 0 Å². The second kappa shape index (κ2) is 64.4. The molecule has 0 fully saturated rings. The summed E-state index contributed by atoms with van der Waals surface area (Å²) >= 11 is 0. The van der Waals surface area contributed by atoms with Gasteiger partial charge in [-0.15, -0.1) is 0 Å². The molecular weight excluding hydrogens is 1060 g/mol. The number of nitrogens with zero attached hydrogens (tertiary/aromatic N) is 1. The average molecular weight is 1190 g/mol. The zero-order valence-electron chi connectivity index (χ0n) is 55.3. The molecule has 0 saturated carbocycles. The summed E-state index contributed by atoms with van der Waals surface area (Å²) in [5.41, 5.74) is 0. The SMILES string of the molecule is CC/C=C\C/C=C\C/C=C\C/C=C\C/C=C\C/C=C\C/C=C\C/C=C\CCCCCCCCCCCCCCCCCCC(=O)NC(COP(=O)([O-])OCC[N+](C)(C)C)C(O)/C=C/CC/C=C/CCCCCCCCCCCCCCCCC. The fourth-order valence-corrected chi connectivity index (χ4v) is 10.5. The molecule has 0 aliphatic rings. The van der Waals surface area contributed by atoms with E-state index in [4.69, 9.17) is 9.05 Å². The predicted molar refractivity (Wildman–Crippen MR) is 366 cm³/mol. The number of hydrogen-bond acceptors (Lipinski definition) is 6. The standard InChI is InChI=1S/C75H133N2O6P/c1-6-8-10-12-14-16-18-20-22-24-26-28-29-30-31-32-33-34-35-36-37-38-39-40-41-42-43-44-45-46-47-49-51-53-55-57-59-61-63-65-67-69-75(79)76-73(72-83-84(80,81)82-71-70-77(3,4)5)74(78)68-66-64-62-60-58-56-54-52-50-48-27-25-23-21-19-17-15-13-11-9-7-2/h8,10,14,16,20,22,26,28,30-31,33-34,36-37,39-40,58,60,66,68,73-74,78H,6-7,9,11-13,15,17-19,21,23-25,27,29,32,35,38,41-57,59,61-65,67,69-72H2,1-5H3,(H-,76,79,80,81)/b10-8-,16-14-,22-20-,28-26-,31-30-,34-33-,37-36-,40-39-,60-58+,68-66+. The van der Waals surface area contributed by atoms with Gasteiger partial charge in [-0.2, -0.15) is 0 Å². The molecule has 3 unspecified atom stereocenters. The number of likely N-dealkylation sites (N-methyl/N-ethyl adjacent to an activating group) is 1. The van der Waals surface area contributed by atoms with Gasteiger partial charge < -0.3 is 28.8 Å². The third-order valence-corrected chi connectivity index (χ3v) is 16.1. The molecule has 0 aromatic carbocycles. The summed E-state index contributed by atoms with van der Waals surface area (Å²) in [6, 6.07) is -0.910. The van der Waals surface area contributed by atoms with Crippen molar-refractivity contribution in [1.82, 2.24) is 5.32 Å². The Kier molecular flexibility index (Phi) is 62.0. The highest BCUT2D eigenvalue weighted by Crippen LogP contribution is 2.38. The van der Waals surface area contributed by atoms with Crippen molar-refractivity contribution < 1.29 is 32.9 Å². The van der Waals surface area contributed by atoms with Crippen LogP contribution in [-0.2, 0) is 18.4 Å². The minimum atomic E-state index is -4.62. The Morgan fingerprint density at radius 2 is 0.738 bits per heavy atom. The summed E-state index contributed by atoms with van der Waals surface area (Å²) in [5.74, 6) is -0.208. The van der Waals surface area contributed by atoms with Gasteiger partial charge in [0.2, 0.25) is 5.91 Å². The van der Waals surface area contributed by atoms with Crippen molar-refractivity contribution in [3.05, 3.63) is 122 Å². The highest BCUT2D eigenvalue weighted by molar-refractivity contribution is 7.45. The second-order valence-corrected chi connectivity index (χ2v) is 25.9. The smallest absolute Gasteiger partial charge is 0.268 e. The van der Waals surface area contributed by atoms with Gasteiger partial charge in [-0.1, -0.05) is 315 Å². The third kappa shape index (κ3) is 66.4. The minimum Gasteiger partial charge on any atom is -0.756 e. The lowest BCUT2D eigenvalue weighted by Crippen LogP contribution is -2.45. The van der Waals surface area contributed by atoms with Crippen molar-refractivity contribution in [2.45, 2.75) is 309 Å². The zero-order valence-corrected chi connectivity index (χ0v) is 56.2. The van der Waals surface area contributed by atoms with Crippen LogP contribution in [0.15, 0.2) is 122 Å². The number of nitrogens with one attached hydrogen (secondary N) is 1. The first-order valence-electron chi connectivity index (χ1n) is 34.9. The lowest BCUT2D eigenvalue weighted by Gasteiger charge is -2.29. The summed E-state index contributed by atoms with van der Waals surface area (Å²) in [6.45, 7) is 4.53. The second-order valence-electron chi connectivity index (χ2n) is 24.5. The van der Waals surface area contributed by atoms with Crippen LogP contribution in [0.4, 0.5) is 0 Å². The molecule has 2 N–H and O–H groups in total. The number of amides is 1. The number of unbranched alkanes of at least 4 members (excludes halogenated alkanes) is 32. The fraction of sp³-hybridized carbons (Fsp3) is 0.720. The Bertz CT molecular complexity index is 1780. The van der Waals surface area contributed by atoms with E-state index in [-0.39, 0.29) is 12.5 Å². The molecule has 3 atom stereocenters. The van der Waals surface area contributed by atoms with Crippen LogP contribution in [0.5, 0.6) is 0 Å². The molecule has 0 rings (SSSR count). The lowest BCUT2D eigenvalue weighted by atomic mass is 10.0. The lowest BCUT2D eigenvalue weighted by molar-refractivity contribution is -0.870. The molecule has 0 radical (unpaired) electrons. The van der Waals surface area contributed by atoms with Crippen LogP contribution in [0.3, 0.4) is 0 Å². The van der Waals surface area contributed by atoms with E-state index in [2.05, 4.69) is 129 Å². The van der Waals surface area contributed by atoms with Crippen molar-refractivity contribution in [3.63, 3.8) is 0 Å². The van der Waals surface area contributed by atoms with E-state index in [9.17, 15) is 19.4 Å². The Balaban J connectivity index is 4.06. The number of hydrogen-bond donors (Lipinski definition) is 2. The fourth-order valence-electron chi connectivity index (χ4n) is 9.78. The molecule has 0 aromatic rings. The Labute approximate surface area is 520 Å². The molecule has 9 heteroatoms. The molecule has 1 amide bonds. The number of rotatable bonds is 63. The Morgan fingerprint density at radius 1 is 0.429 bits per heavy atom. The maximum atomic E-state index is 13.0. The van der Waals surface area contributed by atoms with Crippen molar-refractivity contribution in [2.75, 3.05) is 40.9 Å². The zero-order chi connectivity index (χ0) is 61.2. The van der Waals surface area contributed by atoms with Crippen LogP contribution in [0, 0.1) is 0 Å². The number of quaternary nitrogens is 1. The van der Waals surface area contributed by atoms with Gasteiger partial charge in [-0.3, -0.25) is 9.36 Å². The predicted octanol–water partition coefficient (Wildman–Crippen LogP) is 21.8. The first-order chi connectivity index (χ1) is 41.0. The molecule has 84 heavy (non-hydrogen) atoms. The van der Waals surface area contributed by atoms with Crippen molar-refractivity contribution in [3.8, 4) is 0 Å². The number of carbonyl (C=O) groups is 1. The van der Waals surface area contributed by atoms with Crippen LogP contribution in [0.1, 0.15) is 296 Å². The number of aliphatic hydroxyl groups is 1.